The third-order valence-electron chi connectivity index (χ3n) is 2.53. The second-order valence-corrected chi connectivity index (χ2v) is 4.29. The molecule has 0 aliphatic rings. The molecule has 100 valence electrons. The third-order valence-corrected chi connectivity index (χ3v) is 2.53. The molecule has 0 bridgehead atoms. The van der Waals surface area contributed by atoms with Crippen LogP contribution in [0.3, 0.4) is 0 Å². The van der Waals surface area contributed by atoms with E-state index in [1.807, 2.05) is 0 Å². The standard InChI is InChI=1S/C13H24O4/c1-11(14)7-5-3-4-6-8-12(15)9-10-13(16)17-2/h9-12,14-15H,3-8H2,1-2H3/b10-9+. The molecule has 0 saturated heterocycles. The Balaban J connectivity index is 3.42. The number of aliphatic hydroxyl groups is 2. The monoisotopic (exact) mass is 244 g/mol. The Bertz CT molecular complexity index is 223. The van der Waals surface area contributed by atoms with E-state index in [1.54, 1.807) is 6.92 Å². The van der Waals surface area contributed by atoms with Gasteiger partial charge in [0.2, 0.25) is 0 Å². The van der Waals surface area contributed by atoms with Gasteiger partial charge in [0.25, 0.3) is 0 Å². The van der Waals surface area contributed by atoms with Crippen LogP contribution in [0.2, 0.25) is 0 Å². The Morgan fingerprint density at radius 3 is 2.29 bits per heavy atom. The smallest absolute Gasteiger partial charge is 0.330 e. The summed E-state index contributed by atoms with van der Waals surface area (Å²) in [4.78, 5) is 10.8. The Kier molecular flexibility index (Phi) is 9.77. The van der Waals surface area contributed by atoms with Crippen molar-refractivity contribution < 1.29 is 19.7 Å². The molecule has 2 unspecified atom stereocenters. The molecule has 2 atom stereocenters. The lowest BCUT2D eigenvalue weighted by Gasteiger charge is -2.06. The van der Waals surface area contributed by atoms with Gasteiger partial charge in [-0.25, -0.2) is 4.79 Å². The van der Waals surface area contributed by atoms with E-state index in [2.05, 4.69) is 4.74 Å². The maximum Gasteiger partial charge on any atom is 0.330 e. The molecule has 4 heteroatoms. The molecule has 2 N–H and O–H groups in total. The van der Waals surface area contributed by atoms with E-state index in [0.29, 0.717) is 6.42 Å². The van der Waals surface area contributed by atoms with Gasteiger partial charge in [0.15, 0.2) is 0 Å². The Labute approximate surface area is 103 Å². The van der Waals surface area contributed by atoms with Crippen LogP contribution >= 0.6 is 0 Å². The lowest BCUT2D eigenvalue weighted by Crippen LogP contribution is -2.04. The van der Waals surface area contributed by atoms with Crippen LogP contribution in [-0.2, 0) is 9.53 Å². The zero-order valence-corrected chi connectivity index (χ0v) is 10.8. The van der Waals surface area contributed by atoms with Crippen LogP contribution in [0.15, 0.2) is 12.2 Å². The van der Waals surface area contributed by atoms with Gasteiger partial charge in [0.1, 0.15) is 0 Å². The molecule has 4 nitrogen and oxygen atoms in total. The first-order valence-electron chi connectivity index (χ1n) is 6.18. The van der Waals surface area contributed by atoms with Crippen LogP contribution in [0.5, 0.6) is 0 Å². The molecule has 0 saturated carbocycles. The number of carbonyl (C=O) groups excluding carboxylic acids is 1. The number of rotatable bonds is 9. The molecule has 0 aromatic rings. The number of ether oxygens (including phenoxy) is 1. The number of aliphatic hydroxyl groups excluding tert-OH is 2. The molecule has 0 spiro atoms. The Morgan fingerprint density at radius 2 is 1.76 bits per heavy atom. The summed E-state index contributed by atoms with van der Waals surface area (Å²) in [6.45, 7) is 1.79. The summed E-state index contributed by atoms with van der Waals surface area (Å²) in [7, 11) is 1.31. The van der Waals surface area contributed by atoms with Crippen molar-refractivity contribution in [1.82, 2.24) is 0 Å². The average molecular weight is 244 g/mol. The molecule has 0 aliphatic heterocycles. The maximum atomic E-state index is 10.8. The molecule has 0 fully saturated rings. The molecular weight excluding hydrogens is 220 g/mol. The minimum absolute atomic E-state index is 0.219. The van der Waals surface area contributed by atoms with Crippen molar-refractivity contribution in [3.8, 4) is 0 Å². The highest BCUT2D eigenvalue weighted by Crippen LogP contribution is 2.09. The van der Waals surface area contributed by atoms with Crippen LogP contribution in [0.25, 0.3) is 0 Å². The topological polar surface area (TPSA) is 66.8 Å². The quantitative estimate of drug-likeness (QED) is 0.369. The van der Waals surface area contributed by atoms with Gasteiger partial charge in [0.05, 0.1) is 19.3 Å². The van der Waals surface area contributed by atoms with Crippen molar-refractivity contribution in [2.45, 2.75) is 57.7 Å². The molecule has 0 amide bonds. The fourth-order valence-electron chi connectivity index (χ4n) is 1.50. The van der Waals surface area contributed by atoms with E-state index < -0.39 is 12.1 Å². The van der Waals surface area contributed by atoms with E-state index in [9.17, 15) is 9.90 Å². The fourth-order valence-corrected chi connectivity index (χ4v) is 1.50. The number of carbonyl (C=O) groups is 1. The minimum atomic E-state index is -0.578. The summed E-state index contributed by atoms with van der Waals surface area (Å²) in [6, 6.07) is 0. The van der Waals surface area contributed by atoms with Gasteiger partial charge < -0.3 is 14.9 Å². The van der Waals surface area contributed by atoms with Crippen molar-refractivity contribution >= 4 is 5.97 Å². The van der Waals surface area contributed by atoms with E-state index in [1.165, 1.54) is 19.3 Å². The first kappa shape index (κ1) is 16.1. The van der Waals surface area contributed by atoms with Crippen molar-refractivity contribution in [3.05, 3.63) is 12.2 Å². The Hall–Kier alpha value is -0.870. The molecule has 17 heavy (non-hydrogen) atoms. The fraction of sp³-hybridized carbons (Fsp3) is 0.769. The van der Waals surface area contributed by atoms with Gasteiger partial charge in [0, 0.05) is 6.08 Å². The summed E-state index contributed by atoms with van der Waals surface area (Å²) in [6.07, 6.45) is 7.45. The van der Waals surface area contributed by atoms with Crippen LogP contribution in [0.1, 0.15) is 45.4 Å². The summed E-state index contributed by atoms with van der Waals surface area (Å²) in [5, 5.41) is 18.6. The van der Waals surface area contributed by atoms with Gasteiger partial charge in [-0.15, -0.1) is 0 Å². The lowest BCUT2D eigenvalue weighted by molar-refractivity contribution is -0.134. The van der Waals surface area contributed by atoms with Crippen LogP contribution < -0.4 is 0 Å². The Morgan fingerprint density at radius 1 is 1.18 bits per heavy atom. The first-order chi connectivity index (χ1) is 8.06. The normalized spacial score (nSPS) is 14.8. The molecule has 0 heterocycles. The van der Waals surface area contributed by atoms with Crippen molar-refractivity contribution in [3.63, 3.8) is 0 Å². The number of methoxy groups -OCH3 is 1. The minimum Gasteiger partial charge on any atom is -0.466 e. The summed E-state index contributed by atoms with van der Waals surface area (Å²) >= 11 is 0. The summed E-state index contributed by atoms with van der Waals surface area (Å²) in [5.74, 6) is -0.444. The lowest BCUT2D eigenvalue weighted by atomic mass is 10.1. The van der Waals surface area contributed by atoms with Gasteiger partial charge >= 0.3 is 5.97 Å². The van der Waals surface area contributed by atoms with Gasteiger partial charge in [-0.2, -0.15) is 0 Å². The highest BCUT2D eigenvalue weighted by Gasteiger charge is 2.01. The second-order valence-electron chi connectivity index (χ2n) is 4.29. The highest BCUT2D eigenvalue weighted by atomic mass is 16.5. The van der Waals surface area contributed by atoms with Crippen molar-refractivity contribution in [2.24, 2.45) is 0 Å². The van der Waals surface area contributed by atoms with Crippen LogP contribution in [0, 0.1) is 0 Å². The van der Waals surface area contributed by atoms with E-state index in [-0.39, 0.29) is 6.10 Å². The zero-order chi connectivity index (χ0) is 13.1. The molecule has 0 rings (SSSR count). The number of unbranched alkanes of at least 4 members (excludes halogenated alkanes) is 3. The van der Waals surface area contributed by atoms with Gasteiger partial charge in [-0.05, 0) is 25.8 Å². The zero-order valence-electron chi connectivity index (χ0n) is 10.8. The highest BCUT2D eigenvalue weighted by molar-refractivity contribution is 5.81. The molecule has 0 aliphatic carbocycles. The number of esters is 1. The predicted octanol–water partition coefficient (Wildman–Crippen LogP) is 1.80. The van der Waals surface area contributed by atoms with E-state index >= 15 is 0 Å². The van der Waals surface area contributed by atoms with Gasteiger partial charge in [-0.1, -0.05) is 25.7 Å². The van der Waals surface area contributed by atoms with Crippen molar-refractivity contribution in [1.29, 1.82) is 0 Å². The second kappa shape index (κ2) is 10.3. The molecular formula is C13H24O4. The predicted molar refractivity (Wildman–Crippen MR) is 66.5 cm³/mol. The largest absolute Gasteiger partial charge is 0.466 e. The molecule has 0 aromatic carbocycles. The first-order valence-corrected chi connectivity index (χ1v) is 6.18. The SMILES string of the molecule is COC(=O)/C=C/C(O)CCCCCCC(C)O. The summed E-state index contributed by atoms with van der Waals surface area (Å²) < 4.78 is 4.42. The summed E-state index contributed by atoms with van der Waals surface area (Å²) in [5.41, 5.74) is 0. The molecule has 0 radical (unpaired) electrons. The van der Waals surface area contributed by atoms with Crippen molar-refractivity contribution in [2.75, 3.05) is 7.11 Å². The van der Waals surface area contributed by atoms with Crippen LogP contribution in [0.4, 0.5) is 0 Å². The number of hydrogen-bond donors (Lipinski definition) is 2. The van der Waals surface area contributed by atoms with Crippen LogP contribution in [-0.4, -0.2) is 35.5 Å². The third kappa shape index (κ3) is 11.4. The van der Waals surface area contributed by atoms with E-state index in [0.717, 1.165) is 32.1 Å². The maximum absolute atomic E-state index is 10.8. The average Bonchev–Trinajstić information content (AvgIpc) is 2.30. The van der Waals surface area contributed by atoms with Gasteiger partial charge in [-0.3, -0.25) is 0 Å². The molecule has 0 aromatic heterocycles. The van der Waals surface area contributed by atoms with E-state index in [4.69, 9.17) is 5.11 Å². The number of hydrogen-bond acceptors (Lipinski definition) is 4.